The Hall–Kier alpha value is -4.45. The highest BCUT2D eigenvalue weighted by Crippen LogP contribution is 2.40. The van der Waals surface area contributed by atoms with Crippen LogP contribution in [-0.4, -0.2) is 50.0 Å². The first kappa shape index (κ1) is 24.8. The Morgan fingerprint density at radius 3 is 2.24 bits per heavy atom. The molecular formula is C21H24N4O8. The number of aliphatic carboxylic acids is 1. The highest BCUT2D eigenvalue weighted by atomic mass is 16.4. The van der Waals surface area contributed by atoms with E-state index in [2.05, 4.69) is 4.99 Å². The number of aromatic hydroxyl groups is 4. The van der Waals surface area contributed by atoms with Gasteiger partial charge in [0.05, 0.1) is 0 Å². The van der Waals surface area contributed by atoms with Crippen molar-refractivity contribution in [1.29, 1.82) is 0 Å². The van der Waals surface area contributed by atoms with E-state index in [0.29, 0.717) is 24.9 Å². The molecule has 3 aromatic rings. The Balaban J connectivity index is 0.000000277. The molecule has 1 heterocycles. The molecule has 2 aromatic carbocycles. The van der Waals surface area contributed by atoms with Crippen LogP contribution < -0.4 is 22.6 Å². The molecule has 3 rings (SSSR count). The van der Waals surface area contributed by atoms with Gasteiger partial charge >= 0.3 is 5.97 Å². The average molecular weight is 460 g/mol. The van der Waals surface area contributed by atoms with Crippen molar-refractivity contribution in [2.45, 2.75) is 18.9 Å². The minimum Gasteiger partial charge on any atom is -0.508 e. The van der Waals surface area contributed by atoms with Gasteiger partial charge in [-0.3, -0.25) is 14.6 Å². The number of phenols is 4. The van der Waals surface area contributed by atoms with Crippen LogP contribution >= 0.6 is 0 Å². The summed E-state index contributed by atoms with van der Waals surface area (Å²) >= 11 is 0. The van der Waals surface area contributed by atoms with Gasteiger partial charge in [0, 0.05) is 24.2 Å². The zero-order valence-corrected chi connectivity index (χ0v) is 17.3. The summed E-state index contributed by atoms with van der Waals surface area (Å²) in [4.78, 5) is 26.0. The molecule has 11 N–H and O–H groups in total. The van der Waals surface area contributed by atoms with Gasteiger partial charge in [-0.05, 0) is 37.1 Å². The van der Waals surface area contributed by atoms with Gasteiger partial charge in [0.15, 0.2) is 22.9 Å². The molecule has 0 amide bonds. The maximum absolute atomic E-state index is 12.1. The second-order valence-electron chi connectivity index (χ2n) is 6.88. The number of nitrogens with zero attached hydrogens (tertiary/aromatic N) is 1. The number of benzene rings is 2. The van der Waals surface area contributed by atoms with Crippen molar-refractivity contribution < 1.29 is 34.7 Å². The number of carbonyl (C=O) groups is 1. The number of carboxylic acid groups (broad SMARTS) is 1. The maximum Gasteiger partial charge on any atom is 0.320 e. The maximum atomic E-state index is 12.1. The first-order valence-corrected chi connectivity index (χ1v) is 9.56. The molecule has 12 heteroatoms. The summed E-state index contributed by atoms with van der Waals surface area (Å²) in [5.41, 5.74) is 15.2. The van der Waals surface area contributed by atoms with Crippen molar-refractivity contribution in [3.8, 4) is 34.3 Å². The fourth-order valence-electron chi connectivity index (χ4n) is 2.69. The van der Waals surface area contributed by atoms with E-state index in [0.717, 1.165) is 12.1 Å². The molecule has 0 saturated carbocycles. The number of rotatable bonds is 6. The molecular weight excluding hydrogens is 436 g/mol. The summed E-state index contributed by atoms with van der Waals surface area (Å²) in [5, 5.41) is 46.0. The van der Waals surface area contributed by atoms with Crippen molar-refractivity contribution in [3.63, 3.8) is 0 Å². The van der Waals surface area contributed by atoms with Crippen LogP contribution in [0, 0.1) is 0 Å². The number of carboxylic acids is 1. The third kappa shape index (κ3) is 6.51. The fourth-order valence-corrected chi connectivity index (χ4v) is 2.69. The first-order chi connectivity index (χ1) is 15.5. The second-order valence-corrected chi connectivity index (χ2v) is 6.88. The number of nitrogens with two attached hydrogens (primary N) is 3. The Kier molecular flexibility index (Phi) is 8.07. The van der Waals surface area contributed by atoms with Crippen LogP contribution in [0.5, 0.6) is 23.0 Å². The predicted molar refractivity (Wildman–Crippen MR) is 120 cm³/mol. The Morgan fingerprint density at radius 2 is 1.67 bits per heavy atom. The van der Waals surface area contributed by atoms with Crippen molar-refractivity contribution in [2.24, 2.45) is 22.2 Å². The highest BCUT2D eigenvalue weighted by molar-refractivity contribution is 5.89. The lowest BCUT2D eigenvalue weighted by Crippen LogP contribution is -2.30. The molecule has 33 heavy (non-hydrogen) atoms. The molecule has 0 aliphatic heterocycles. The highest BCUT2D eigenvalue weighted by Gasteiger charge is 2.17. The van der Waals surface area contributed by atoms with E-state index in [4.69, 9.17) is 26.7 Å². The molecule has 0 radical (unpaired) electrons. The number of aliphatic imine (C=N–C) groups is 1. The first-order valence-electron chi connectivity index (χ1n) is 9.56. The van der Waals surface area contributed by atoms with Gasteiger partial charge in [-0.25, -0.2) is 0 Å². The SMILES string of the molecule is NC(N)=NCCC[C@H](N)C(=O)O.O=c1cc(-c2ccc(O)cc2)oc2cc(O)c(O)c(O)c12. The van der Waals surface area contributed by atoms with Gasteiger partial charge in [0.2, 0.25) is 5.75 Å². The third-order valence-electron chi connectivity index (χ3n) is 4.38. The topological polar surface area (TPSA) is 239 Å². The molecule has 1 atom stereocenters. The zero-order valence-electron chi connectivity index (χ0n) is 17.3. The molecule has 1 aromatic heterocycles. The summed E-state index contributed by atoms with van der Waals surface area (Å²) in [6.45, 7) is 0.420. The third-order valence-corrected chi connectivity index (χ3v) is 4.38. The van der Waals surface area contributed by atoms with Gasteiger partial charge in [-0.2, -0.15) is 0 Å². The van der Waals surface area contributed by atoms with E-state index in [1.165, 1.54) is 12.1 Å². The second kappa shape index (κ2) is 10.7. The van der Waals surface area contributed by atoms with Crippen LogP contribution in [0.4, 0.5) is 0 Å². The van der Waals surface area contributed by atoms with E-state index < -0.39 is 34.7 Å². The van der Waals surface area contributed by atoms with Crippen LogP contribution in [0.1, 0.15) is 12.8 Å². The van der Waals surface area contributed by atoms with E-state index in [-0.39, 0.29) is 28.4 Å². The van der Waals surface area contributed by atoms with Crippen LogP contribution in [0.25, 0.3) is 22.3 Å². The van der Waals surface area contributed by atoms with E-state index in [1.54, 1.807) is 12.1 Å². The van der Waals surface area contributed by atoms with Crippen LogP contribution in [0.2, 0.25) is 0 Å². The van der Waals surface area contributed by atoms with Crippen molar-refractivity contribution >= 4 is 22.9 Å². The zero-order chi connectivity index (χ0) is 24.7. The van der Waals surface area contributed by atoms with Crippen molar-refractivity contribution in [2.75, 3.05) is 6.54 Å². The van der Waals surface area contributed by atoms with Crippen LogP contribution in [-0.2, 0) is 4.79 Å². The number of phenolic OH excluding ortho intramolecular Hbond substituents is 4. The monoisotopic (exact) mass is 460 g/mol. The summed E-state index contributed by atoms with van der Waals surface area (Å²) < 4.78 is 5.47. The number of fused-ring (bicyclic) bond motifs is 1. The van der Waals surface area contributed by atoms with Crippen molar-refractivity contribution in [3.05, 3.63) is 46.6 Å². The smallest absolute Gasteiger partial charge is 0.320 e. The Bertz CT molecular complexity index is 1220. The molecule has 0 unspecified atom stereocenters. The van der Waals surface area contributed by atoms with Gasteiger partial charge in [-0.15, -0.1) is 0 Å². The van der Waals surface area contributed by atoms with Gasteiger partial charge < -0.3 is 47.2 Å². The standard InChI is InChI=1S/C15H10O6.C6H14N4O2/c16-8-3-1-7(2-4-8)11-5-9(17)13-12(21-11)6-10(18)14(19)15(13)20;7-4(5(11)12)2-1-3-10-6(8)9/h1-6,16,18-20H;4H,1-3,7H2,(H,11,12)(H4,8,9,10)/t;4-/m.0/s1. The molecule has 0 aliphatic carbocycles. The molecule has 0 spiro atoms. The fraction of sp³-hybridized carbons (Fsp3) is 0.190. The number of guanidine groups is 1. The molecule has 0 aliphatic rings. The van der Waals surface area contributed by atoms with E-state index >= 15 is 0 Å². The van der Waals surface area contributed by atoms with E-state index in [1.807, 2.05) is 0 Å². The minimum absolute atomic E-state index is 0.0129. The summed E-state index contributed by atoms with van der Waals surface area (Å²) in [7, 11) is 0. The summed E-state index contributed by atoms with van der Waals surface area (Å²) in [6, 6.07) is 7.37. The number of hydrogen-bond donors (Lipinski definition) is 8. The summed E-state index contributed by atoms with van der Waals surface area (Å²) in [5.74, 6) is -2.80. The summed E-state index contributed by atoms with van der Waals surface area (Å²) in [6.07, 6.45) is 0.956. The van der Waals surface area contributed by atoms with Gasteiger partial charge in [-0.1, -0.05) is 0 Å². The normalized spacial score (nSPS) is 11.3. The lowest BCUT2D eigenvalue weighted by Gasteiger charge is -2.07. The molecule has 0 fully saturated rings. The molecule has 0 saturated heterocycles. The average Bonchev–Trinajstić information content (AvgIpc) is 2.75. The number of hydrogen-bond acceptors (Lipinski definition) is 9. The lowest BCUT2D eigenvalue weighted by molar-refractivity contribution is -0.138. The quantitative estimate of drug-likeness (QED) is 0.110. The van der Waals surface area contributed by atoms with E-state index in [9.17, 15) is 30.0 Å². The van der Waals surface area contributed by atoms with Crippen molar-refractivity contribution in [1.82, 2.24) is 0 Å². The van der Waals surface area contributed by atoms with Gasteiger partial charge in [0.25, 0.3) is 0 Å². The molecule has 0 bridgehead atoms. The van der Waals surface area contributed by atoms with Crippen LogP contribution in [0.15, 0.2) is 50.6 Å². The van der Waals surface area contributed by atoms with Gasteiger partial charge in [0.1, 0.15) is 28.5 Å². The largest absolute Gasteiger partial charge is 0.508 e. The molecule has 12 nitrogen and oxygen atoms in total. The van der Waals surface area contributed by atoms with Crippen LogP contribution in [0.3, 0.4) is 0 Å². The lowest BCUT2D eigenvalue weighted by atomic mass is 10.1. The minimum atomic E-state index is -1.00. The molecule has 176 valence electrons. The Labute approximate surface area is 186 Å². The predicted octanol–water partition coefficient (Wildman–Crippen LogP) is 0.734. The Morgan fingerprint density at radius 1 is 1.03 bits per heavy atom.